The molecule has 29 heavy (non-hydrogen) atoms. The van der Waals surface area contributed by atoms with Crippen LogP contribution in [0, 0.1) is 11.3 Å². The average molecular weight is 413 g/mol. The maximum Gasteiger partial charge on any atom is 0.262 e. The third-order valence-corrected chi connectivity index (χ3v) is 6.59. The molecule has 1 fully saturated rings. The molecule has 1 heterocycles. The van der Waals surface area contributed by atoms with Crippen LogP contribution in [0.3, 0.4) is 0 Å². The zero-order valence-corrected chi connectivity index (χ0v) is 17.9. The van der Waals surface area contributed by atoms with E-state index in [0.717, 1.165) is 32.1 Å². The van der Waals surface area contributed by atoms with E-state index >= 15 is 0 Å². The Hall–Kier alpha value is -2.33. The number of hydrogen-bond donors (Lipinski definition) is 1. The fraction of sp³-hybridized carbons (Fsp3) is 0.545. The number of benzene rings is 1. The number of fused-ring (bicyclic) bond motifs is 1. The van der Waals surface area contributed by atoms with E-state index in [1.54, 1.807) is 17.6 Å². The Labute approximate surface area is 175 Å². The molecule has 0 saturated heterocycles. The summed E-state index contributed by atoms with van der Waals surface area (Å²) in [6, 6.07) is 9.63. The molecule has 1 aromatic heterocycles. The number of carbonyl (C=O) groups is 1. The first-order valence-electron chi connectivity index (χ1n) is 10.4. The van der Waals surface area contributed by atoms with Crippen molar-refractivity contribution in [2.24, 2.45) is 0 Å². The summed E-state index contributed by atoms with van der Waals surface area (Å²) in [6.45, 7) is 4.46. The zero-order valence-electron chi connectivity index (χ0n) is 17.1. The number of hydrogen-bond acceptors (Lipinski definition) is 5. The van der Waals surface area contributed by atoms with Crippen LogP contribution in [0.25, 0.3) is 10.9 Å². The van der Waals surface area contributed by atoms with E-state index in [9.17, 15) is 14.9 Å². The molecule has 0 spiro atoms. The van der Waals surface area contributed by atoms with Gasteiger partial charge in [0.2, 0.25) is 5.91 Å². The number of nitriles is 1. The smallest absolute Gasteiger partial charge is 0.262 e. The van der Waals surface area contributed by atoms with Crippen molar-refractivity contribution in [3.05, 3.63) is 34.6 Å². The molecule has 7 heteroatoms. The molecule has 154 valence electrons. The SMILES string of the molecule is CCCCn1c(S[C@H](C)C(=O)NC2(C#N)CCCCC2)nc2ccccc2c1=O. The normalized spacial score (nSPS) is 16.9. The number of nitrogens with one attached hydrogen (secondary N) is 1. The fourth-order valence-corrected chi connectivity index (χ4v) is 4.65. The van der Waals surface area contributed by atoms with Crippen molar-refractivity contribution in [1.29, 1.82) is 5.26 Å². The third-order valence-electron chi connectivity index (χ3n) is 5.50. The average Bonchev–Trinajstić information content (AvgIpc) is 2.74. The van der Waals surface area contributed by atoms with Gasteiger partial charge in [0.25, 0.3) is 5.56 Å². The Bertz CT molecular complexity index is 973. The number of rotatable bonds is 7. The Morgan fingerprint density at radius 2 is 2.07 bits per heavy atom. The quantitative estimate of drug-likeness (QED) is 0.548. The van der Waals surface area contributed by atoms with Gasteiger partial charge in [-0.1, -0.05) is 56.5 Å². The van der Waals surface area contributed by atoms with Crippen LogP contribution < -0.4 is 10.9 Å². The van der Waals surface area contributed by atoms with Gasteiger partial charge in [0, 0.05) is 6.54 Å². The molecule has 1 aliphatic rings. The lowest BCUT2D eigenvalue weighted by Gasteiger charge is -2.32. The second-order valence-corrected chi connectivity index (χ2v) is 9.03. The number of unbranched alkanes of at least 4 members (excludes halogenated alkanes) is 1. The Balaban J connectivity index is 1.85. The third kappa shape index (κ3) is 4.81. The van der Waals surface area contributed by atoms with Gasteiger partial charge in [-0.15, -0.1) is 0 Å². The molecule has 0 aliphatic heterocycles. The first-order valence-corrected chi connectivity index (χ1v) is 11.3. The first-order chi connectivity index (χ1) is 14.0. The minimum Gasteiger partial charge on any atom is -0.337 e. The van der Waals surface area contributed by atoms with Gasteiger partial charge in [-0.25, -0.2) is 4.98 Å². The van der Waals surface area contributed by atoms with Gasteiger partial charge in [0.15, 0.2) is 5.16 Å². The predicted molar refractivity (Wildman–Crippen MR) is 116 cm³/mol. The molecule has 1 N–H and O–H groups in total. The van der Waals surface area contributed by atoms with E-state index in [0.29, 0.717) is 35.4 Å². The lowest BCUT2D eigenvalue weighted by Crippen LogP contribution is -2.51. The van der Waals surface area contributed by atoms with Gasteiger partial charge in [-0.3, -0.25) is 14.2 Å². The number of amides is 1. The number of aromatic nitrogens is 2. The largest absolute Gasteiger partial charge is 0.337 e. The van der Waals surface area contributed by atoms with Crippen LogP contribution in [-0.2, 0) is 11.3 Å². The zero-order chi connectivity index (χ0) is 20.9. The van der Waals surface area contributed by atoms with Crippen molar-refractivity contribution in [2.75, 3.05) is 0 Å². The van der Waals surface area contributed by atoms with Crippen LogP contribution in [0.15, 0.2) is 34.2 Å². The summed E-state index contributed by atoms with van der Waals surface area (Å²) in [5.74, 6) is -0.178. The predicted octanol–water partition coefficient (Wildman–Crippen LogP) is 4.02. The van der Waals surface area contributed by atoms with Gasteiger partial charge in [0.05, 0.1) is 22.2 Å². The van der Waals surface area contributed by atoms with E-state index < -0.39 is 10.8 Å². The molecule has 2 aromatic rings. The second kappa shape index (κ2) is 9.45. The minimum atomic E-state index is -0.761. The highest BCUT2D eigenvalue weighted by Gasteiger charge is 2.35. The molecule has 0 radical (unpaired) electrons. The first kappa shape index (κ1) is 21.4. The monoisotopic (exact) mass is 412 g/mol. The highest BCUT2D eigenvalue weighted by molar-refractivity contribution is 8.00. The van der Waals surface area contributed by atoms with Crippen LogP contribution in [-0.4, -0.2) is 26.2 Å². The van der Waals surface area contributed by atoms with Crippen LogP contribution in [0.4, 0.5) is 0 Å². The molecule has 1 aliphatic carbocycles. The van der Waals surface area contributed by atoms with Gasteiger partial charge >= 0.3 is 0 Å². The van der Waals surface area contributed by atoms with Crippen LogP contribution in [0.5, 0.6) is 0 Å². The lowest BCUT2D eigenvalue weighted by molar-refractivity contribution is -0.121. The topological polar surface area (TPSA) is 87.8 Å². The van der Waals surface area contributed by atoms with Gasteiger partial charge in [0.1, 0.15) is 5.54 Å². The summed E-state index contributed by atoms with van der Waals surface area (Å²) in [5, 5.41) is 13.3. The van der Waals surface area contributed by atoms with Crippen LogP contribution in [0.2, 0.25) is 0 Å². The summed E-state index contributed by atoms with van der Waals surface area (Å²) < 4.78 is 1.68. The molecule has 1 amide bonds. The van der Waals surface area contributed by atoms with Crippen molar-refractivity contribution >= 4 is 28.6 Å². The number of carbonyl (C=O) groups excluding carboxylic acids is 1. The molecule has 6 nitrogen and oxygen atoms in total. The van der Waals surface area contributed by atoms with E-state index in [1.165, 1.54) is 11.8 Å². The van der Waals surface area contributed by atoms with E-state index in [4.69, 9.17) is 0 Å². The Morgan fingerprint density at radius 3 is 2.76 bits per heavy atom. The highest BCUT2D eigenvalue weighted by atomic mass is 32.2. The van der Waals surface area contributed by atoms with Crippen LogP contribution >= 0.6 is 11.8 Å². The van der Waals surface area contributed by atoms with Crippen molar-refractivity contribution in [1.82, 2.24) is 14.9 Å². The van der Waals surface area contributed by atoms with Crippen molar-refractivity contribution in [3.8, 4) is 6.07 Å². The van der Waals surface area contributed by atoms with Gasteiger partial charge in [-0.2, -0.15) is 5.26 Å². The molecule has 1 saturated carbocycles. The second-order valence-electron chi connectivity index (χ2n) is 7.73. The number of thioether (sulfide) groups is 1. The van der Waals surface area contributed by atoms with Crippen molar-refractivity contribution in [2.45, 2.75) is 81.3 Å². The van der Waals surface area contributed by atoms with Gasteiger partial charge < -0.3 is 5.32 Å². The summed E-state index contributed by atoms with van der Waals surface area (Å²) in [4.78, 5) is 30.5. The standard InChI is InChI=1S/C22H28N4O2S/c1-3-4-14-26-20(28)17-10-6-7-11-18(17)24-21(26)29-16(2)19(27)25-22(15-23)12-8-5-9-13-22/h6-7,10-11,16H,3-5,8-9,12-14H2,1-2H3,(H,25,27)/t16-/m1/s1. The van der Waals surface area contributed by atoms with E-state index in [1.807, 2.05) is 18.2 Å². The van der Waals surface area contributed by atoms with Crippen molar-refractivity contribution < 1.29 is 4.79 Å². The molecule has 0 unspecified atom stereocenters. The lowest BCUT2D eigenvalue weighted by atomic mass is 9.83. The van der Waals surface area contributed by atoms with E-state index in [2.05, 4.69) is 23.3 Å². The fourth-order valence-electron chi connectivity index (χ4n) is 3.72. The Kier molecular flexibility index (Phi) is 6.96. The summed E-state index contributed by atoms with van der Waals surface area (Å²) in [6.07, 6.45) is 6.24. The molecule has 1 atom stereocenters. The minimum absolute atomic E-state index is 0.0695. The molecule has 0 bridgehead atoms. The highest BCUT2D eigenvalue weighted by Crippen LogP contribution is 2.29. The Morgan fingerprint density at radius 1 is 1.34 bits per heavy atom. The molecule has 1 aromatic carbocycles. The maximum atomic E-state index is 13.0. The molecular formula is C22H28N4O2S. The van der Waals surface area contributed by atoms with E-state index in [-0.39, 0.29) is 11.5 Å². The maximum absolute atomic E-state index is 13.0. The summed E-state index contributed by atoms with van der Waals surface area (Å²) in [5.41, 5.74) is -0.191. The summed E-state index contributed by atoms with van der Waals surface area (Å²) in [7, 11) is 0. The van der Waals surface area contributed by atoms with Crippen molar-refractivity contribution in [3.63, 3.8) is 0 Å². The number of nitrogens with zero attached hydrogens (tertiary/aromatic N) is 3. The van der Waals surface area contributed by atoms with Gasteiger partial charge in [-0.05, 0) is 38.3 Å². The molecular weight excluding hydrogens is 384 g/mol. The van der Waals surface area contributed by atoms with Crippen LogP contribution in [0.1, 0.15) is 58.8 Å². The molecule has 3 rings (SSSR count). The summed E-state index contributed by atoms with van der Waals surface area (Å²) >= 11 is 1.29. The number of para-hydroxylation sites is 1.